The molecule has 2 aromatic carbocycles. The van der Waals surface area contributed by atoms with Crippen LogP contribution in [0.5, 0.6) is 0 Å². The number of benzene rings is 2. The molecule has 0 N–H and O–H groups in total. The number of hydrazone groups is 1. The molecule has 0 bridgehead atoms. The van der Waals surface area contributed by atoms with Crippen LogP contribution in [0.2, 0.25) is 5.15 Å². The zero-order chi connectivity index (χ0) is 20.7. The lowest BCUT2D eigenvalue weighted by Gasteiger charge is -2.23. The van der Waals surface area contributed by atoms with Crippen LogP contribution in [0.3, 0.4) is 0 Å². The molecular formula is C23H18BrClN4S. The minimum Gasteiger partial charge on any atom is -0.257 e. The van der Waals surface area contributed by atoms with Gasteiger partial charge in [0.05, 0.1) is 33.7 Å². The van der Waals surface area contributed by atoms with Gasteiger partial charge in [-0.25, -0.2) is 4.68 Å². The maximum atomic E-state index is 6.92. The Morgan fingerprint density at radius 1 is 1.00 bits per heavy atom. The summed E-state index contributed by atoms with van der Waals surface area (Å²) in [5, 5.41) is 14.6. The summed E-state index contributed by atoms with van der Waals surface area (Å²) in [4.78, 5) is 1.16. The Hall–Kier alpha value is -2.41. The number of halogens is 2. The van der Waals surface area contributed by atoms with E-state index in [9.17, 15) is 0 Å². The van der Waals surface area contributed by atoms with Crippen LogP contribution in [-0.2, 0) is 0 Å². The molecule has 4 nitrogen and oxygen atoms in total. The Morgan fingerprint density at radius 3 is 2.30 bits per heavy atom. The van der Waals surface area contributed by atoms with Gasteiger partial charge in [-0.1, -0.05) is 48.0 Å². The molecule has 2 aromatic heterocycles. The van der Waals surface area contributed by atoms with E-state index in [1.54, 1.807) is 11.3 Å². The third-order valence-corrected chi connectivity index (χ3v) is 7.44. The molecule has 0 saturated heterocycles. The molecule has 3 heterocycles. The van der Waals surface area contributed by atoms with Crippen LogP contribution in [-0.4, -0.2) is 15.5 Å². The molecule has 0 spiro atoms. The number of para-hydroxylation sites is 2. The van der Waals surface area contributed by atoms with Crippen molar-refractivity contribution in [1.82, 2.24) is 9.78 Å². The van der Waals surface area contributed by atoms with Crippen molar-refractivity contribution < 1.29 is 0 Å². The van der Waals surface area contributed by atoms with Gasteiger partial charge in [-0.2, -0.15) is 10.2 Å². The number of anilines is 1. The van der Waals surface area contributed by atoms with Crippen LogP contribution in [0.25, 0.3) is 5.69 Å². The zero-order valence-corrected chi connectivity index (χ0v) is 19.3. The van der Waals surface area contributed by atoms with Crippen molar-refractivity contribution in [1.29, 1.82) is 0 Å². The molecule has 150 valence electrons. The van der Waals surface area contributed by atoms with Crippen molar-refractivity contribution in [3.05, 3.63) is 97.9 Å². The minimum absolute atomic E-state index is 0.0265. The van der Waals surface area contributed by atoms with Crippen LogP contribution in [0.1, 0.15) is 28.6 Å². The summed E-state index contributed by atoms with van der Waals surface area (Å²) in [6.45, 7) is 2.02. The largest absolute Gasteiger partial charge is 0.257 e. The summed E-state index contributed by atoms with van der Waals surface area (Å²) in [7, 11) is 0. The smallest absolute Gasteiger partial charge is 0.138 e. The predicted molar refractivity (Wildman–Crippen MR) is 128 cm³/mol. The van der Waals surface area contributed by atoms with E-state index in [1.807, 2.05) is 60.1 Å². The first kappa shape index (κ1) is 19.5. The predicted octanol–water partition coefficient (Wildman–Crippen LogP) is 7.01. The Morgan fingerprint density at radius 2 is 1.67 bits per heavy atom. The molecule has 0 aliphatic carbocycles. The van der Waals surface area contributed by atoms with Crippen LogP contribution >= 0.6 is 38.9 Å². The van der Waals surface area contributed by atoms with Gasteiger partial charge >= 0.3 is 0 Å². The van der Waals surface area contributed by atoms with Gasteiger partial charge in [-0.05, 0) is 58.6 Å². The highest BCUT2D eigenvalue weighted by Gasteiger charge is 2.35. The maximum absolute atomic E-state index is 6.92. The molecule has 0 amide bonds. The van der Waals surface area contributed by atoms with Crippen LogP contribution < -0.4 is 5.01 Å². The van der Waals surface area contributed by atoms with E-state index >= 15 is 0 Å². The van der Waals surface area contributed by atoms with Crippen molar-refractivity contribution >= 4 is 50.3 Å². The number of hydrogen-bond donors (Lipinski definition) is 0. The molecule has 0 saturated carbocycles. The molecule has 0 fully saturated rings. The van der Waals surface area contributed by atoms with E-state index in [-0.39, 0.29) is 6.04 Å². The Labute approximate surface area is 192 Å². The first-order valence-corrected chi connectivity index (χ1v) is 11.6. The fraction of sp³-hybridized carbons (Fsp3) is 0.130. The quantitative estimate of drug-likeness (QED) is 0.304. The number of thiophene rings is 1. The third kappa shape index (κ3) is 3.39. The number of rotatable bonds is 4. The minimum atomic E-state index is -0.0265. The van der Waals surface area contributed by atoms with E-state index in [1.165, 1.54) is 0 Å². The second kappa shape index (κ2) is 8.02. The summed E-state index contributed by atoms with van der Waals surface area (Å²) in [6, 6.07) is 22.3. The normalized spacial score (nSPS) is 16.2. The lowest BCUT2D eigenvalue weighted by Crippen LogP contribution is -2.19. The summed E-state index contributed by atoms with van der Waals surface area (Å²) in [5.41, 5.74) is 4.96. The first-order valence-electron chi connectivity index (χ1n) is 9.59. The zero-order valence-electron chi connectivity index (χ0n) is 16.2. The van der Waals surface area contributed by atoms with Crippen LogP contribution in [0, 0.1) is 6.92 Å². The number of aromatic nitrogens is 2. The van der Waals surface area contributed by atoms with Gasteiger partial charge in [-0.3, -0.25) is 5.01 Å². The summed E-state index contributed by atoms with van der Waals surface area (Å²) in [6.07, 6.45) is 0.759. The van der Waals surface area contributed by atoms with Crippen molar-refractivity contribution in [2.75, 3.05) is 5.01 Å². The van der Waals surface area contributed by atoms with Crippen LogP contribution in [0.15, 0.2) is 81.7 Å². The Kier molecular flexibility index (Phi) is 5.23. The van der Waals surface area contributed by atoms with Crippen LogP contribution in [0.4, 0.5) is 5.69 Å². The lowest BCUT2D eigenvalue weighted by atomic mass is 10.0. The van der Waals surface area contributed by atoms with Crippen molar-refractivity contribution in [2.45, 2.75) is 19.4 Å². The van der Waals surface area contributed by atoms with Gasteiger partial charge in [0.15, 0.2) is 0 Å². The van der Waals surface area contributed by atoms with Gasteiger partial charge < -0.3 is 0 Å². The van der Waals surface area contributed by atoms with E-state index < -0.39 is 0 Å². The van der Waals surface area contributed by atoms with Gasteiger partial charge in [0, 0.05) is 16.5 Å². The van der Waals surface area contributed by atoms with Crippen molar-refractivity contribution in [2.24, 2.45) is 5.10 Å². The summed E-state index contributed by atoms with van der Waals surface area (Å²) in [5.74, 6) is 0. The molecular weight excluding hydrogens is 480 g/mol. The highest BCUT2D eigenvalue weighted by Crippen LogP contribution is 2.42. The average Bonchev–Trinajstić information content (AvgIpc) is 3.46. The SMILES string of the molecule is Cc1nn(-c2ccccc2)c(Cl)c1C1CC(c2sccc2Br)=NN1c1ccccc1. The topological polar surface area (TPSA) is 33.4 Å². The van der Waals surface area contributed by atoms with Crippen molar-refractivity contribution in [3.8, 4) is 5.69 Å². The molecule has 1 atom stereocenters. The third-order valence-electron chi connectivity index (χ3n) is 5.19. The second-order valence-corrected chi connectivity index (χ2v) is 9.21. The maximum Gasteiger partial charge on any atom is 0.138 e. The van der Waals surface area contributed by atoms with Gasteiger partial charge in [0.25, 0.3) is 0 Å². The molecule has 4 aromatic rings. The fourth-order valence-corrected chi connectivity index (χ4v) is 5.82. The average molecular weight is 498 g/mol. The van der Waals surface area contributed by atoms with E-state index in [0.29, 0.717) is 5.15 Å². The summed E-state index contributed by atoms with van der Waals surface area (Å²) < 4.78 is 2.89. The first-order chi connectivity index (χ1) is 14.6. The monoisotopic (exact) mass is 496 g/mol. The Bertz CT molecular complexity index is 1220. The Balaban J connectivity index is 1.61. The molecule has 30 heavy (non-hydrogen) atoms. The van der Waals surface area contributed by atoms with E-state index in [4.69, 9.17) is 21.8 Å². The standard InChI is InChI=1S/C23H18BrClN4S/c1-15-21(23(25)29(26-15)17-10-6-3-7-11-17)20-14-19(22-18(24)12-13-30-22)27-28(20)16-8-4-2-5-9-16/h2-13,20H,14H2,1H3. The number of hydrogen-bond acceptors (Lipinski definition) is 4. The second-order valence-electron chi connectivity index (χ2n) is 7.08. The molecule has 1 aliphatic heterocycles. The molecule has 7 heteroatoms. The molecule has 0 radical (unpaired) electrons. The molecule has 1 aliphatic rings. The van der Waals surface area contributed by atoms with Crippen molar-refractivity contribution in [3.63, 3.8) is 0 Å². The number of nitrogens with zero attached hydrogens (tertiary/aromatic N) is 4. The molecule has 5 rings (SSSR count). The number of aryl methyl sites for hydroxylation is 1. The highest BCUT2D eigenvalue weighted by atomic mass is 79.9. The summed E-state index contributed by atoms with van der Waals surface area (Å²) >= 11 is 12.3. The fourth-order valence-electron chi connectivity index (χ4n) is 3.82. The van der Waals surface area contributed by atoms with E-state index in [0.717, 1.165) is 44.1 Å². The molecule has 1 unspecified atom stereocenters. The van der Waals surface area contributed by atoms with E-state index in [2.05, 4.69) is 44.5 Å². The van der Waals surface area contributed by atoms with Gasteiger partial charge in [0.1, 0.15) is 5.15 Å². The highest BCUT2D eigenvalue weighted by molar-refractivity contribution is 9.10. The van der Waals surface area contributed by atoms with Gasteiger partial charge in [0.2, 0.25) is 0 Å². The lowest BCUT2D eigenvalue weighted by molar-refractivity contribution is 0.704. The van der Waals surface area contributed by atoms with Gasteiger partial charge in [-0.15, -0.1) is 11.3 Å².